The molecule has 6 nitrogen and oxygen atoms in total. The predicted octanol–water partition coefficient (Wildman–Crippen LogP) is 1.42. The van der Waals surface area contributed by atoms with Crippen LogP contribution < -0.4 is 5.32 Å². The van der Waals surface area contributed by atoms with Crippen LogP contribution in [0.25, 0.3) is 0 Å². The number of carbonyl (C=O) groups excluding carboxylic acids is 1. The maximum absolute atomic E-state index is 12.1. The SMILES string of the molecule is CCCCCCCCCN1C(CO)C(O)C(O)C1CC(=O)NC(C)C. The predicted molar refractivity (Wildman–Crippen MR) is 99.3 cm³/mol. The molecule has 0 radical (unpaired) electrons. The van der Waals surface area contributed by atoms with Crippen LogP contribution in [0.2, 0.25) is 0 Å². The van der Waals surface area contributed by atoms with Gasteiger partial charge in [-0.2, -0.15) is 0 Å². The summed E-state index contributed by atoms with van der Waals surface area (Å²) in [7, 11) is 0. The van der Waals surface area contributed by atoms with E-state index in [0.717, 1.165) is 12.8 Å². The lowest BCUT2D eigenvalue weighted by Crippen LogP contribution is -2.44. The normalized spacial score (nSPS) is 27.2. The van der Waals surface area contributed by atoms with Gasteiger partial charge >= 0.3 is 0 Å². The van der Waals surface area contributed by atoms with E-state index in [2.05, 4.69) is 12.2 Å². The third-order valence-electron chi connectivity index (χ3n) is 5.04. The molecule has 1 aliphatic heterocycles. The van der Waals surface area contributed by atoms with Crippen LogP contribution in [0.4, 0.5) is 0 Å². The molecule has 0 aliphatic carbocycles. The Kier molecular flexibility index (Phi) is 10.6. The number of nitrogens with zero attached hydrogens (tertiary/aromatic N) is 1. The number of amides is 1. The molecule has 1 heterocycles. The van der Waals surface area contributed by atoms with E-state index >= 15 is 0 Å². The maximum atomic E-state index is 12.1. The molecule has 1 rings (SSSR count). The highest BCUT2D eigenvalue weighted by Gasteiger charge is 2.47. The summed E-state index contributed by atoms with van der Waals surface area (Å²) in [6.07, 6.45) is 6.39. The number of carbonyl (C=O) groups is 1. The Hall–Kier alpha value is -0.690. The molecule has 1 amide bonds. The van der Waals surface area contributed by atoms with Crippen molar-refractivity contribution in [1.82, 2.24) is 10.2 Å². The van der Waals surface area contributed by atoms with E-state index in [1.165, 1.54) is 32.1 Å². The third-order valence-corrected chi connectivity index (χ3v) is 5.04. The molecule has 4 N–H and O–H groups in total. The molecular weight excluding hydrogens is 320 g/mol. The lowest BCUT2D eigenvalue weighted by molar-refractivity contribution is -0.123. The number of aliphatic hydroxyl groups is 3. The molecule has 0 bridgehead atoms. The van der Waals surface area contributed by atoms with Gasteiger partial charge in [0, 0.05) is 18.5 Å². The first-order valence-electron chi connectivity index (χ1n) is 9.94. The minimum Gasteiger partial charge on any atom is -0.395 e. The molecule has 0 aromatic rings. The van der Waals surface area contributed by atoms with Crippen molar-refractivity contribution in [3.8, 4) is 0 Å². The van der Waals surface area contributed by atoms with Crippen LogP contribution in [0, 0.1) is 0 Å². The van der Waals surface area contributed by atoms with Gasteiger partial charge in [-0.25, -0.2) is 0 Å². The van der Waals surface area contributed by atoms with E-state index in [4.69, 9.17) is 0 Å². The molecule has 6 heteroatoms. The van der Waals surface area contributed by atoms with E-state index in [1.54, 1.807) is 0 Å². The van der Waals surface area contributed by atoms with Gasteiger partial charge < -0.3 is 20.6 Å². The van der Waals surface area contributed by atoms with Gasteiger partial charge in [-0.1, -0.05) is 45.4 Å². The summed E-state index contributed by atoms with van der Waals surface area (Å²) < 4.78 is 0. The van der Waals surface area contributed by atoms with Gasteiger partial charge in [-0.3, -0.25) is 9.69 Å². The fourth-order valence-electron chi connectivity index (χ4n) is 3.70. The topological polar surface area (TPSA) is 93.0 Å². The summed E-state index contributed by atoms with van der Waals surface area (Å²) in [5.41, 5.74) is 0. The molecule has 0 aromatic carbocycles. The van der Waals surface area contributed by atoms with Crippen molar-refractivity contribution in [2.24, 2.45) is 0 Å². The molecule has 0 aromatic heterocycles. The maximum Gasteiger partial charge on any atom is 0.221 e. The number of nitrogens with one attached hydrogen (secondary N) is 1. The molecule has 0 saturated carbocycles. The molecule has 1 saturated heterocycles. The zero-order valence-electron chi connectivity index (χ0n) is 16.2. The van der Waals surface area contributed by atoms with Crippen molar-refractivity contribution in [3.63, 3.8) is 0 Å². The number of unbranched alkanes of at least 4 members (excludes halogenated alkanes) is 6. The van der Waals surface area contributed by atoms with Gasteiger partial charge in [0.1, 0.15) is 0 Å². The monoisotopic (exact) mass is 358 g/mol. The second kappa shape index (κ2) is 11.8. The smallest absolute Gasteiger partial charge is 0.221 e. The Balaban J connectivity index is 2.52. The summed E-state index contributed by atoms with van der Waals surface area (Å²) in [6.45, 7) is 6.47. The van der Waals surface area contributed by atoms with Gasteiger partial charge in [-0.05, 0) is 26.8 Å². The first-order chi connectivity index (χ1) is 11.9. The highest BCUT2D eigenvalue weighted by molar-refractivity contribution is 5.77. The van der Waals surface area contributed by atoms with E-state index < -0.39 is 24.3 Å². The number of rotatable bonds is 12. The van der Waals surface area contributed by atoms with Crippen LogP contribution in [-0.2, 0) is 4.79 Å². The first kappa shape index (κ1) is 22.4. The number of aliphatic hydroxyl groups excluding tert-OH is 3. The number of hydrogen-bond acceptors (Lipinski definition) is 5. The Labute approximate surface area is 152 Å². The van der Waals surface area contributed by atoms with E-state index in [0.29, 0.717) is 6.54 Å². The fraction of sp³-hybridized carbons (Fsp3) is 0.947. The molecule has 148 valence electrons. The zero-order valence-corrected chi connectivity index (χ0v) is 16.2. The van der Waals surface area contributed by atoms with Crippen LogP contribution in [0.1, 0.15) is 72.1 Å². The molecule has 0 spiro atoms. The molecule has 1 aliphatic rings. The molecule has 4 unspecified atom stereocenters. The Morgan fingerprint density at radius 1 is 1.00 bits per heavy atom. The Morgan fingerprint density at radius 2 is 1.56 bits per heavy atom. The lowest BCUT2D eigenvalue weighted by atomic mass is 10.1. The van der Waals surface area contributed by atoms with E-state index in [9.17, 15) is 20.1 Å². The second-order valence-electron chi connectivity index (χ2n) is 7.58. The average molecular weight is 359 g/mol. The van der Waals surface area contributed by atoms with Crippen molar-refractivity contribution in [2.75, 3.05) is 13.2 Å². The fourth-order valence-corrected chi connectivity index (χ4v) is 3.70. The zero-order chi connectivity index (χ0) is 18.8. The van der Waals surface area contributed by atoms with Crippen molar-refractivity contribution >= 4 is 5.91 Å². The summed E-state index contributed by atoms with van der Waals surface area (Å²) in [4.78, 5) is 14.0. The largest absolute Gasteiger partial charge is 0.395 e. The summed E-state index contributed by atoms with van der Waals surface area (Å²) >= 11 is 0. The van der Waals surface area contributed by atoms with Crippen LogP contribution in [0.3, 0.4) is 0 Å². The summed E-state index contributed by atoms with van der Waals surface area (Å²) in [6, 6.07) is -0.890. The number of hydrogen-bond donors (Lipinski definition) is 4. The highest BCUT2D eigenvalue weighted by atomic mass is 16.3. The van der Waals surface area contributed by atoms with Crippen LogP contribution in [-0.4, -0.2) is 69.6 Å². The van der Waals surface area contributed by atoms with Gasteiger partial charge in [-0.15, -0.1) is 0 Å². The van der Waals surface area contributed by atoms with Crippen LogP contribution >= 0.6 is 0 Å². The van der Waals surface area contributed by atoms with Crippen LogP contribution in [0.15, 0.2) is 0 Å². The Morgan fingerprint density at radius 3 is 2.12 bits per heavy atom. The number of likely N-dealkylation sites (tertiary alicyclic amines) is 1. The van der Waals surface area contributed by atoms with Crippen molar-refractivity contribution in [2.45, 2.75) is 102 Å². The molecule has 25 heavy (non-hydrogen) atoms. The van der Waals surface area contributed by atoms with Crippen LogP contribution in [0.5, 0.6) is 0 Å². The summed E-state index contributed by atoms with van der Waals surface area (Å²) in [5, 5.41) is 33.0. The quantitative estimate of drug-likeness (QED) is 0.396. The van der Waals surface area contributed by atoms with Crippen molar-refractivity contribution in [1.29, 1.82) is 0 Å². The second-order valence-corrected chi connectivity index (χ2v) is 7.58. The standard InChI is InChI=1S/C19H38N2O4/c1-4-5-6-7-8-9-10-11-21-15(12-17(23)20-14(2)3)18(24)19(25)16(21)13-22/h14-16,18-19,22,24-25H,4-13H2,1-3H3,(H,20,23). The minimum absolute atomic E-state index is 0.0428. The highest BCUT2D eigenvalue weighted by Crippen LogP contribution is 2.28. The van der Waals surface area contributed by atoms with Gasteiger partial charge in [0.2, 0.25) is 5.91 Å². The molecular formula is C19H38N2O4. The van der Waals surface area contributed by atoms with E-state index in [-0.39, 0.29) is 25.0 Å². The van der Waals surface area contributed by atoms with Gasteiger partial charge in [0.05, 0.1) is 24.9 Å². The molecule has 1 fully saturated rings. The van der Waals surface area contributed by atoms with Crippen molar-refractivity contribution < 1.29 is 20.1 Å². The lowest BCUT2D eigenvalue weighted by Gasteiger charge is -2.29. The van der Waals surface area contributed by atoms with E-state index in [1.807, 2.05) is 18.7 Å². The average Bonchev–Trinajstić information content (AvgIpc) is 2.77. The van der Waals surface area contributed by atoms with Crippen molar-refractivity contribution in [3.05, 3.63) is 0 Å². The van der Waals surface area contributed by atoms with Gasteiger partial charge in [0.15, 0.2) is 0 Å². The van der Waals surface area contributed by atoms with Gasteiger partial charge in [0.25, 0.3) is 0 Å². The summed E-state index contributed by atoms with van der Waals surface area (Å²) in [5.74, 6) is -0.130. The first-order valence-corrected chi connectivity index (χ1v) is 9.94. The third kappa shape index (κ3) is 7.21. The molecule has 4 atom stereocenters. The Bertz CT molecular complexity index is 378. The minimum atomic E-state index is -1.01.